The van der Waals surface area contributed by atoms with Gasteiger partial charge in [-0.1, -0.05) is 27.7 Å². The molecule has 0 unspecified atom stereocenters. The third kappa shape index (κ3) is 2.94. The number of rotatable bonds is 5. The molecular formula is C12H23NO2. The van der Waals surface area contributed by atoms with E-state index >= 15 is 0 Å². The quantitative estimate of drug-likeness (QED) is 0.754. The summed E-state index contributed by atoms with van der Waals surface area (Å²) in [5.74, 6) is 0.530. The Labute approximate surface area is 92.5 Å². The van der Waals surface area contributed by atoms with Crippen LogP contribution in [0.4, 0.5) is 0 Å². The number of amides is 1. The lowest BCUT2D eigenvalue weighted by atomic mass is 10.0. The van der Waals surface area contributed by atoms with Gasteiger partial charge in [-0.05, 0) is 18.8 Å². The molecule has 0 aliphatic heterocycles. The number of nitrogens with zero attached hydrogens (tertiary/aromatic N) is 1. The second-order valence-electron chi connectivity index (χ2n) is 5.13. The Balaban J connectivity index is 2.75. The molecule has 1 amide bonds. The van der Waals surface area contributed by atoms with Crippen molar-refractivity contribution in [3.8, 4) is 0 Å². The van der Waals surface area contributed by atoms with Crippen LogP contribution in [0.3, 0.4) is 0 Å². The summed E-state index contributed by atoms with van der Waals surface area (Å²) in [5, 5.41) is 9.38. The first kappa shape index (κ1) is 12.5. The number of hydrogen-bond donors (Lipinski definition) is 1. The highest BCUT2D eigenvalue weighted by Crippen LogP contribution is 2.31. The van der Waals surface area contributed by atoms with Gasteiger partial charge in [0.25, 0.3) is 0 Å². The Kier molecular flexibility index (Phi) is 4.14. The maximum atomic E-state index is 12.0. The third-order valence-electron chi connectivity index (χ3n) is 3.00. The van der Waals surface area contributed by atoms with Crippen molar-refractivity contribution in [2.45, 2.75) is 52.6 Å². The monoisotopic (exact) mass is 213 g/mol. The molecule has 1 aliphatic carbocycles. The van der Waals surface area contributed by atoms with Gasteiger partial charge < -0.3 is 10.0 Å². The van der Waals surface area contributed by atoms with Crippen LogP contribution in [0.15, 0.2) is 0 Å². The molecule has 1 fully saturated rings. The average Bonchev–Trinajstić information content (AvgIpc) is 2.95. The van der Waals surface area contributed by atoms with E-state index in [9.17, 15) is 9.90 Å². The minimum Gasteiger partial charge on any atom is -0.394 e. The molecule has 3 heteroatoms. The number of aliphatic hydroxyl groups excluding tert-OH is 1. The van der Waals surface area contributed by atoms with E-state index in [4.69, 9.17) is 0 Å². The molecule has 0 bridgehead atoms. The van der Waals surface area contributed by atoms with Crippen LogP contribution in [0.1, 0.15) is 40.5 Å². The Morgan fingerprint density at radius 1 is 1.33 bits per heavy atom. The summed E-state index contributed by atoms with van der Waals surface area (Å²) in [5.41, 5.74) is 0. The van der Waals surface area contributed by atoms with Crippen LogP contribution in [-0.2, 0) is 4.79 Å². The molecule has 0 saturated heterocycles. The molecule has 88 valence electrons. The van der Waals surface area contributed by atoms with Gasteiger partial charge in [0, 0.05) is 12.0 Å². The number of aliphatic hydroxyl groups is 1. The van der Waals surface area contributed by atoms with Crippen molar-refractivity contribution in [1.82, 2.24) is 4.90 Å². The van der Waals surface area contributed by atoms with E-state index in [1.54, 1.807) is 0 Å². The van der Waals surface area contributed by atoms with Crippen LogP contribution in [0.25, 0.3) is 0 Å². The molecule has 0 spiro atoms. The standard InChI is InChI=1S/C12H23NO2/c1-8(2)11(7-14)13(10-5-6-10)12(15)9(3)4/h8-11,14H,5-7H2,1-4H3/t11-/m0/s1. The van der Waals surface area contributed by atoms with Gasteiger partial charge in [0.1, 0.15) is 0 Å². The van der Waals surface area contributed by atoms with E-state index in [0.717, 1.165) is 12.8 Å². The van der Waals surface area contributed by atoms with Gasteiger partial charge in [-0.15, -0.1) is 0 Å². The van der Waals surface area contributed by atoms with E-state index in [-0.39, 0.29) is 24.5 Å². The van der Waals surface area contributed by atoms with Gasteiger partial charge in [-0.3, -0.25) is 4.79 Å². The predicted molar refractivity (Wildman–Crippen MR) is 60.4 cm³/mol. The summed E-state index contributed by atoms with van der Waals surface area (Å²) < 4.78 is 0. The molecule has 0 aromatic carbocycles. The zero-order chi connectivity index (χ0) is 11.6. The van der Waals surface area contributed by atoms with Crippen LogP contribution in [0, 0.1) is 11.8 Å². The largest absolute Gasteiger partial charge is 0.394 e. The molecule has 1 rings (SSSR count). The number of carbonyl (C=O) groups excluding carboxylic acids is 1. The van der Waals surface area contributed by atoms with Gasteiger partial charge in [0.05, 0.1) is 12.6 Å². The lowest BCUT2D eigenvalue weighted by Gasteiger charge is -2.34. The second kappa shape index (κ2) is 4.97. The Morgan fingerprint density at radius 3 is 2.13 bits per heavy atom. The van der Waals surface area contributed by atoms with Gasteiger partial charge in [-0.2, -0.15) is 0 Å². The van der Waals surface area contributed by atoms with Crippen molar-refractivity contribution in [1.29, 1.82) is 0 Å². The van der Waals surface area contributed by atoms with Crippen LogP contribution < -0.4 is 0 Å². The highest BCUT2D eigenvalue weighted by atomic mass is 16.3. The van der Waals surface area contributed by atoms with Crippen molar-refractivity contribution in [3.05, 3.63) is 0 Å². The topological polar surface area (TPSA) is 40.5 Å². The fourth-order valence-electron chi connectivity index (χ4n) is 1.89. The molecule has 1 aliphatic rings. The second-order valence-corrected chi connectivity index (χ2v) is 5.13. The van der Waals surface area contributed by atoms with Crippen LogP contribution in [0.5, 0.6) is 0 Å². The van der Waals surface area contributed by atoms with Crippen LogP contribution in [0.2, 0.25) is 0 Å². The highest BCUT2D eigenvalue weighted by molar-refractivity contribution is 5.79. The first-order valence-corrected chi connectivity index (χ1v) is 5.92. The van der Waals surface area contributed by atoms with E-state index < -0.39 is 0 Å². The zero-order valence-corrected chi connectivity index (χ0v) is 10.2. The van der Waals surface area contributed by atoms with Crippen molar-refractivity contribution < 1.29 is 9.90 Å². The summed E-state index contributed by atoms with van der Waals surface area (Å²) in [6, 6.07) is 0.381. The van der Waals surface area contributed by atoms with Gasteiger partial charge in [0.15, 0.2) is 0 Å². The first-order valence-electron chi connectivity index (χ1n) is 5.92. The Morgan fingerprint density at radius 2 is 1.87 bits per heavy atom. The Bertz CT molecular complexity index is 222. The molecule has 0 aromatic heterocycles. The van der Waals surface area contributed by atoms with E-state index in [1.807, 2.05) is 18.7 Å². The fraction of sp³-hybridized carbons (Fsp3) is 0.917. The molecule has 0 aromatic rings. The van der Waals surface area contributed by atoms with Gasteiger partial charge in [0.2, 0.25) is 5.91 Å². The molecule has 1 N–H and O–H groups in total. The number of hydrogen-bond acceptors (Lipinski definition) is 2. The average molecular weight is 213 g/mol. The van der Waals surface area contributed by atoms with Crippen molar-refractivity contribution in [2.24, 2.45) is 11.8 Å². The fourth-order valence-corrected chi connectivity index (χ4v) is 1.89. The minimum atomic E-state index is -0.00704. The van der Waals surface area contributed by atoms with Crippen LogP contribution >= 0.6 is 0 Å². The van der Waals surface area contributed by atoms with Crippen molar-refractivity contribution >= 4 is 5.91 Å². The highest BCUT2D eigenvalue weighted by Gasteiger charge is 2.38. The molecule has 3 nitrogen and oxygen atoms in total. The molecule has 1 saturated carbocycles. The maximum absolute atomic E-state index is 12.0. The predicted octanol–water partition coefficient (Wildman–Crippen LogP) is 1.65. The number of carbonyl (C=O) groups is 1. The minimum absolute atomic E-state index is 0.00704. The summed E-state index contributed by atoms with van der Waals surface area (Å²) in [6.45, 7) is 8.04. The Hall–Kier alpha value is -0.570. The van der Waals surface area contributed by atoms with Crippen molar-refractivity contribution in [2.75, 3.05) is 6.61 Å². The van der Waals surface area contributed by atoms with Crippen LogP contribution in [-0.4, -0.2) is 34.6 Å². The van der Waals surface area contributed by atoms with E-state index in [0.29, 0.717) is 12.0 Å². The summed E-state index contributed by atoms with van der Waals surface area (Å²) in [4.78, 5) is 14.0. The summed E-state index contributed by atoms with van der Waals surface area (Å²) in [6.07, 6.45) is 2.20. The molecule has 15 heavy (non-hydrogen) atoms. The van der Waals surface area contributed by atoms with Crippen molar-refractivity contribution in [3.63, 3.8) is 0 Å². The molecule has 1 atom stereocenters. The van der Waals surface area contributed by atoms with E-state index in [2.05, 4.69) is 13.8 Å². The zero-order valence-electron chi connectivity index (χ0n) is 10.2. The molecule has 0 heterocycles. The SMILES string of the molecule is CC(C)C(=O)N(C1CC1)[C@@H](CO)C(C)C. The smallest absolute Gasteiger partial charge is 0.225 e. The molecular weight excluding hydrogens is 190 g/mol. The summed E-state index contributed by atoms with van der Waals surface area (Å²) in [7, 11) is 0. The van der Waals surface area contributed by atoms with Gasteiger partial charge >= 0.3 is 0 Å². The lowest BCUT2D eigenvalue weighted by Crippen LogP contribution is -2.48. The summed E-state index contributed by atoms with van der Waals surface area (Å²) >= 11 is 0. The third-order valence-corrected chi connectivity index (χ3v) is 3.00. The molecule has 0 radical (unpaired) electrons. The normalized spacial score (nSPS) is 18.3. The van der Waals surface area contributed by atoms with E-state index in [1.165, 1.54) is 0 Å². The first-order chi connectivity index (χ1) is 6.99. The maximum Gasteiger partial charge on any atom is 0.225 e. The van der Waals surface area contributed by atoms with Gasteiger partial charge in [-0.25, -0.2) is 0 Å². The lowest BCUT2D eigenvalue weighted by molar-refractivity contribution is -0.139.